The van der Waals surface area contributed by atoms with Crippen molar-refractivity contribution in [3.63, 3.8) is 0 Å². The van der Waals surface area contributed by atoms with E-state index in [9.17, 15) is 14.9 Å². The van der Waals surface area contributed by atoms with Gasteiger partial charge in [-0.2, -0.15) is 0 Å². The molecule has 1 saturated heterocycles. The van der Waals surface area contributed by atoms with Gasteiger partial charge in [0.15, 0.2) is 0 Å². The first-order chi connectivity index (χ1) is 9.43. The zero-order valence-electron chi connectivity index (χ0n) is 10.7. The van der Waals surface area contributed by atoms with Crippen LogP contribution < -0.4 is 10.2 Å². The molecule has 6 nitrogen and oxygen atoms in total. The van der Waals surface area contributed by atoms with E-state index in [0.717, 1.165) is 0 Å². The summed E-state index contributed by atoms with van der Waals surface area (Å²) in [4.78, 5) is 23.6. The van der Waals surface area contributed by atoms with Crippen LogP contribution in [-0.2, 0) is 4.79 Å². The lowest BCUT2D eigenvalue weighted by molar-refractivity contribution is -0.384. The van der Waals surface area contributed by atoms with Crippen molar-refractivity contribution in [2.24, 2.45) is 5.92 Å². The number of nitro groups is 1. The molecule has 1 aliphatic heterocycles. The summed E-state index contributed by atoms with van der Waals surface area (Å²) in [5.41, 5.74) is 0.393. The molecule has 1 aromatic rings. The molecule has 0 spiro atoms. The highest BCUT2D eigenvalue weighted by atomic mass is 35.5. The van der Waals surface area contributed by atoms with Crippen molar-refractivity contribution < 1.29 is 9.72 Å². The molecule has 0 radical (unpaired) electrons. The number of non-ortho nitro benzene ring substituents is 1. The van der Waals surface area contributed by atoms with Crippen LogP contribution in [0.15, 0.2) is 12.1 Å². The van der Waals surface area contributed by atoms with Gasteiger partial charge in [0.2, 0.25) is 5.91 Å². The van der Waals surface area contributed by atoms with E-state index in [1.165, 1.54) is 12.1 Å². The summed E-state index contributed by atoms with van der Waals surface area (Å²) in [5, 5.41) is 13.9. The zero-order valence-corrected chi connectivity index (χ0v) is 12.2. The fourth-order valence-electron chi connectivity index (χ4n) is 2.11. The predicted octanol–water partition coefficient (Wildman–Crippen LogP) is 2.47. The van der Waals surface area contributed by atoms with E-state index in [4.69, 9.17) is 23.2 Å². The maximum absolute atomic E-state index is 11.6. The van der Waals surface area contributed by atoms with E-state index in [1.807, 2.05) is 11.8 Å². The van der Waals surface area contributed by atoms with Gasteiger partial charge in [-0.05, 0) is 6.92 Å². The standard InChI is InChI=1S/C12H13Cl2N3O3/c1-2-15-12(18)7-5-16(6-7)11-9(13)3-8(17(19)20)4-10(11)14/h3-4,7H,2,5-6H2,1H3,(H,15,18). The van der Waals surface area contributed by atoms with Gasteiger partial charge >= 0.3 is 0 Å². The van der Waals surface area contributed by atoms with Gasteiger partial charge < -0.3 is 10.2 Å². The lowest BCUT2D eigenvalue weighted by Crippen LogP contribution is -2.54. The van der Waals surface area contributed by atoms with Crippen LogP contribution in [0.5, 0.6) is 0 Å². The van der Waals surface area contributed by atoms with Crippen molar-refractivity contribution in [2.45, 2.75) is 6.92 Å². The Bertz CT molecular complexity index is 536. The number of nitrogens with one attached hydrogen (secondary N) is 1. The maximum atomic E-state index is 11.6. The lowest BCUT2D eigenvalue weighted by Gasteiger charge is -2.40. The van der Waals surface area contributed by atoms with Crippen LogP contribution >= 0.6 is 23.2 Å². The van der Waals surface area contributed by atoms with E-state index in [2.05, 4.69) is 5.32 Å². The van der Waals surface area contributed by atoms with Gasteiger partial charge in [-0.15, -0.1) is 0 Å². The third-order valence-corrected chi connectivity index (χ3v) is 3.71. The quantitative estimate of drug-likeness (QED) is 0.683. The predicted molar refractivity (Wildman–Crippen MR) is 77.5 cm³/mol. The first-order valence-electron chi connectivity index (χ1n) is 6.10. The number of rotatable bonds is 4. The average molecular weight is 318 g/mol. The molecule has 0 aliphatic carbocycles. The number of nitrogens with zero attached hydrogens (tertiary/aromatic N) is 2. The van der Waals surface area contributed by atoms with E-state index >= 15 is 0 Å². The molecule has 0 unspecified atom stereocenters. The summed E-state index contributed by atoms with van der Waals surface area (Å²) in [6, 6.07) is 2.53. The number of carbonyl (C=O) groups excluding carboxylic acids is 1. The highest BCUT2D eigenvalue weighted by Gasteiger charge is 2.35. The van der Waals surface area contributed by atoms with Crippen molar-refractivity contribution >= 4 is 40.5 Å². The molecule has 1 amide bonds. The minimum atomic E-state index is -0.546. The second kappa shape index (κ2) is 5.85. The fourth-order valence-corrected chi connectivity index (χ4v) is 2.82. The summed E-state index contributed by atoms with van der Waals surface area (Å²) in [6.45, 7) is 3.46. The highest BCUT2D eigenvalue weighted by molar-refractivity contribution is 6.39. The summed E-state index contributed by atoms with van der Waals surface area (Å²) >= 11 is 12.1. The molecule has 1 fully saturated rings. The smallest absolute Gasteiger partial charge is 0.272 e. The second-order valence-corrected chi connectivity index (χ2v) is 5.33. The molecule has 1 N–H and O–H groups in total. The Morgan fingerprint density at radius 1 is 1.45 bits per heavy atom. The minimum absolute atomic E-state index is 0.00194. The first kappa shape index (κ1) is 14.9. The number of carbonyl (C=O) groups is 1. The molecule has 108 valence electrons. The number of hydrogen-bond donors (Lipinski definition) is 1. The van der Waals surface area contributed by atoms with Crippen LogP contribution in [0.2, 0.25) is 10.0 Å². The molecule has 20 heavy (non-hydrogen) atoms. The monoisotopic (exact) mass is 317 g/mol. The largest absolute Gasteiger partial charge is 0.367 e. The van der Waals surface area contributed by atoms with Crippen LogP contribution in [0.4, 0.5) is 11.4 Å². The van der Waals surface area contributed by atoms with E-state index in [-0.39, 0.29) is 27.6 Å². The number of hydrogen-bond acceptors (Lipinski definition) is 4. The van der Waals surface area contributed by atoms with E-state index in [1.54, 1.807) is 0 Å². The molecule has 2 rings (SSSR count). The number of benzene rings is 1. The molecular weight excluding hydrogens is 305 g/mol. The normalized spacial score (nSPS) is 14.8. The van der Waals surface area contributed by atoms with Gasteiger partial charge in [0.05, 0.1) is 26.6 Å². The number of nitro benzene ring substituents is 1. The SMILES string of the molecule is CCNC(=O)C1CN(c2c(Cl)cc([N+](=O)[O-])cc2Cl)C1. The van der Waals surface area contributed by atoms with Gasteiger partial charge in [-0.3, -0.25) is 14.9 Å². The third kappa shape index (κ3) is 2.81. The topological polar surface area (TPSA) is 75.5 Å². The second-order valence-electron chi connectivity index (χ2n) is 4.51. The molecule has 1 aromatic carbocycles. The van der Waals surface area contributed by atoms with Gasteiger partial charge in [-0.25, -0.2) is 0 Å². The summed E-state index contributed by atoms with van der Waals surface area (Å²) in [6.07, 6.45) is 0. The van der Waals surface area contributed by atoms with Crippen molar-refractivity contribution in [3.8, 4) is 0 Å². The summed E-state index contributed by atoms with van der Waals surface area (Å²) in [7, 11) is 0. The maximum Gasteiger partial charge on any atom is 0.272 e. The van der Waals surface area contributed by atoms with Crippen LogP contribution in [0.25, 0.3) is 0 Å². The Morgan fingerprint density at radius 3 is 2.45 bits per heavy atom. The van der Waals surface area contributed by atoms with Crippen LogP contribution in [0.1, 0.15) is 6.92 Å². The average Bonchev–Trinajstić information content (AvgIpc) is 2.30. The Morgan fingerprint density at radius 2 is 2.00 bits per heavy atom. The van der Waals surface area contributed by atoms with Gasteiger partial charge in [-0.1, -0.05) is 23.2 Å². The summed E-state index contributed by atoms with van der Waals surface area (Å²) in [5.74, 6) is -0.102. The minimum Gasteiger partial charge on any atom is -0.367 e. The van der Waals surface area contributed by atoms with Crippen LogP contribution in [0.3, 0.4) is 0 Å². The molecule has 0 atom stereocenters. The van der Waals surface area contributed by atoms with Crippen LogP contribution in [0, 0.1) is 16.0 Å². The van der Waals surface area contributed by atoms with Crippen molar-refractivity contribution in [1.29, 1.82) is 0 Å². The molecule has 1 heterocycles. The van der Waals surface area contributed by atoms with Gasteiger partial charge in [0.25, 0.3) is 5.69 Å². The Balaban J connectivity index is 2.12. The van der Waals surface area contributed by atoms with Crippen molar-refractivity contribution in [3.05, 3.63) is 32.3 Å². The van der Waals surface area contributed by atoms with Gasteiger partial charge in [0.1, 0.15) is 0 Å². The zero-order chi connectivity index (χ0) is 14.9. The van der Waals surface area contributed by atoms with E-state index in [0.29, 0.717) is 25.3 Å². The lowest BCUT2D eigenvalue weighted by atomic mass is 9.98. The highest BCUT2D eigenvalue weighted by Crippen LogP contribution is 2.40. The Labute approximate surface area is 125 Å². The third-order valence-electron chi connectivity index (χ3n) is 3.13. The molecule has 1 aliphatic rings. The van der Waals surface area contributed by atoms with Crippen LogP contribution in [-0.4, -0.2) is 30.5 Å². The molecule has 0 aromatic heterocycles. The number of anilines is 1. The van der Waals surface area contributed by atoms with Gasteiger partial charge in [0, 0.05) is 31.8 Å². The Kier molecular flexibility index (Phi) is 4.35. The fraction of sp³-hybridized carbons (Fsp3) is 0.417. The number of amides is 1. The van der Waals surface area contributed by atoms with E-state index < -0.39 is 4.92 Å². The Hall–Kier alpha value is -1.53. The van der Waals surface area contributed by atoms with Crippen molar-refractivity contribution in [1.82, 2.24) is 5.32 Å². The molecular formula is C12H13Cl2N3O3. The molecule has 0 bridgehead atoms. The number of halogens is 2. The first-order valence-corrected chi connectivity index (χ1v) is 6.85. The van der Waals surface area contributed by atoms with Crippen molar-refractivity contribution in [2.75, 3.05) is 24.5 Å². The molecule has 8 heteroatoms. The summed E-state index contributed by atoms with van der Waals surface area (Å²) < 4.78 is 0. The molecule has 0 saturated carbocycles.